The van der Waals surface area contributed by atoms with Crippen LogP contribution < -0.4 is 10.3 Å². The van der Waals surface area contributed by atoms with Crippen LogP contribution in [0, 0.1) is 5.92 Å². The average molecular weight is 418 g/mol. The minimum atomic E-state index is -0.462. The molecule has 2 heterocycles. The van der Waals surface area contributed by atoms with Gasteiger partial charge in [0, 0.05) is 31.1 Å². The van der Waals surface area contributed by atoms with Crippen LogP contribution in [0.5, 0.6) is 0 Å². The predicted octanol–water partition coefficient (Wildman–Crippen LogP) is 3.09. The van der Waals surface area contributed by atoms with Crippen molar-refractivity contribution in [2.75, 3.05) is 23.4 Å². The highest BCUT2D eigenvalue weighted by Gasteiger charge is 2.37. The van der Waals surface area contributed by atoms with E-state index < -0.39 is 6.04 Å². The fourth-order valence-electron chi connectivity index (χ4n) is 4.07. The van der Waals surface area contributed by atoms with Crippen LogP contribution in [0.1, 0.15) is 26.2 Å². The van der Waals surface area contributed by atoms with Crippen LogP contribution >= 0.6 is 0 Å². The molecule has 2 aromatic rings. The maximum absolute atomic E-state index is 13.1. The monoisotopic (exact) mass is 418 g/mol. The molecule has 1 unspecified atom stereocenters. The lowest BCUT2D eigenvalue weighted by Gasteiger charge is -2.31. The summed E-state index contributed by atoms with van der Waals surface area (Å²) < 4.78 is 0. The molecule has 2 aliphatic heterocycles. The van der Waals surface area contributed by atoms with E-state index in [0.29, 0.717) is 38.1 Å². The number of hydrogen-bond donors (Lipinski definition) is 1. The quantitative estimate of drug-likeness (QED) is 0.809. The molecule has 7 nitrogen and oxygen atoms in total. The number of benzene rings is 2. The van der Waals surface area contributed by atoms with Gasteiger partial charge in [-0.2, -0.15) is 5.10 Å². The summed E-state index contributed by atoms with van der Waals surface area (Å²) in [6.07, 6.45) is 1.52. The molecule has 1 fully saturated rings. The number of nitrogens with one attached hydrogen (secondary N) is 1. The molecule has 2 amide bonds. The lowest BCUT2D eigenvalue weighted by atomic mass is 9.95. The predicted molar refractivity (Wildman–Crippen MR) is 120 cm³/mol. The molecule has 1 atom stereocenters. The number of carbonyl (C=O) groups is 3. The highest BCUT2D eigenvalue weighted by atomic mass is 16.2. The second-order valence-corrected chi connectivity index (χ2v) is 7.98. The Balaban J connectivity index is 1.38. The standard InChI is InChI=1S/C24H26N4O3/c1-17(29)22-16-21(26-28(22)20-10-6-3-7-11-20)24(31)27-14-12-18(13-15-27)23(30)25-19-8-4-2-5-9-19/h2-11,18,22H,12-16H2,1H3,(H,25,30). The van der Waals surface area contributed by atoms with E-state index in [2.05, 4.69) is 10.4 Å². The third-order valence-electron chi connectivity index (χ3n) is 5.84. The lowest BCUT2D eigenvalue weighted by molar-refractivity contribution is -0.128. The van der Waals surface area contributed by atoms with Crippen LogP contribution in [0.4, 0.5) is 11.4 Å². The Morgan fingerprint density at radius 3 is 2.16 bits per heavy atom. The van der Waals surface area contributed by atoms with Crippen LogP contribution in [-0.2, 0) is 14.4 Å². The van der Waals surface area contributed by atoms with Gasteiger partial charge in [0.1, 0.15) is 11.8 Å². The van der Waals surface area contributed by atoms with Crippen molar-refractivity contribution >= 4 is 34.7 Å². The Hall–Kier alpha value is -3.48. The van der Waals surface area contributed by atoms with Crippen molar-refractivity contribution < 1.29 is 14.4 Å². The molecule has 160 valence electrons. The molecule has 0 spiro atoms. The Morgan fingerprint density at radius 2 is 1.55 bits per heavy atom. The SMILES string of the molecule is CC(=O)C1CC(C(=O)N2CCC(C(=O)Nc3ccccc3)CC2)=NN1c1ccccc1. The Kier molecular flexibility index (Phi) is 6.11. The number of ketones is 1. The van der Waals surface area contributed by atoms with Crippen molar-refractivity contribution in [2.24, 2.45) is 11.0 Å². The first-order valence-corrected chi connectivity index (χ1v) is 10.6. The lowest BCUT2D eigenvalue weighted by Crippen LogP contribution is -2.44. The van der Waals surface area contributed by atoms with Gasteiger partial charge in [-0.25, -0.2) is 0 Å². The van der Waals surface area contributed by atoms with E-state index in [-0.39, 0.29) is 23.5 Å². The first-order valence-electron chi connectivity index (χ1n) is 10.6. The molecular formula is C24H26N4O3. The maximum atomic E-state index is 13.1. The van der Waals surface area contributed by atoms with Gasteiger partial charge in [0.25, 0.3) is 5.91 Å². The van der Waals surface area contributed by atoms with E-state index in [4.69, 9.17) is 0 Å². The molecule has 7 heteroatoms. The number of likely N-dealkylation sites (tertiary alicyclic amines) is 1. The van der Waals surface area contributed by atoms with Crippen LogP contribution in [0.2, 0.25) is 0 Å². The third-order valence-corrected chi connectivity index (χ3v) is 5.84. The molecular weight excluding hydrogens is 392 g/mol. The first-order chi connectivity index (χ1) is 15.0. The van der Waals surface area contributed by atoms with Crippen molar-refractivity contribution in [3.8, 4) is 0 Å². The smallest absolute Gasteiger partial charge is 0.270 e. The molecule has 0 aromatic heterocycles. The molecule has 1 saturated heterocycles. The van der Waals surface area contributed by atoms with Crippen LogP contribution in [0.25, 0.3) is 0 Å². The van der Waals surface area contributed by atoms with E-state index in [1.807, 2.05) is 60.7 Å². The number of Topliss-reactive ketones (excluding diaryl/α,β-unsaturated/α-hetero) is 1. The summed E-state index contributed by atoms with van der Waals surface area (Å²) in [5, 5.41) is 9.10. The van der Waals surface area contributed by atoms with Gasteiger partial charge in [0.2, 0.25) is 5.91 Å². The van der Waals surface area contributed by atoms with Crippen molar-refractivity contribution in [2.45, 2.75) is 32.2 Å². The number of nitrogens with zero attached hydrogens (tertiary/aromatic N) is 3. The summed E-state index contributed by atoms with van der Waals surface area (Å²) in [7, 11) is 0. The zero-order valence-electron chi connectivity index (χ0n) is 17.5. The van der Waals surface area contributed by atoms with Gasteiger partial charge in [-0.15, -0.1) is 0 Å². The van der Waals surface area contributed by atoms with E-state index in [1.54, 1.807) is 9.91 Å². The molecule has 0 radical (unpaired) electrons. The summed E-state index contributed by atoms with van der Waals surface area (Å²) in [5.41, 5.74) is 1.97. The molecule has 31 heavy (non-hydrogen) atoms. The zero-order valence-corrected chi connectivity index (χ0v) is 17.5. The fourth-order valence-corrected chi connectivity index (χ4v) is 4.07. The van der Waals surface area contributed by atoms with E-state index >= 15 is 0 Å². The second kappa shape index (κ2) is 9.12. The van der Waals surface area contributed by atoms with Crippen molar-refractivity contribution in [1.82, 2.24) is 4.90 Å². The summed E-state index contributed by atoms with van der Waals surface area (Å²) in [6.45, 7) is 2.53. The number of para-hydroxylation sites is 2. The largest absolute Gasteiger partial charge is 0.337 e. The van der Waals surface area contributed by atoms with Crippen molar-refractivity contribution in [1.29, 1.82) is 0 Å². The normalized spacial score (nSPS) is 19.1. The number of anilines is 2. The van der Waals surface area contributed by atoms with Crippen LogP contribution in [-0.4, -0.2) is 47.3 Å². The highest BCUT2D eigenvalue weighted by Crippen LogP contribution is 2.27. The van der Waals surface area contributed by atoms with Gasteiger partial charge in [-0.3, -0.25) is 19.4 Å². The van der Waals surface area contributed by atoms with Crippen LogP contribution in [0.3, 0.4) is 0 Å². The van der Waals surface area contributed by atoms with Crippen molar-refractivity contribution in [3.05, 3.63) is 60.7 Å². The van der Waals surface area contributed by atoms with Crippen LogP contribution in [0.15, 0.2) is 65.8 Å². The number of hydrazone groups is 1. The number of amides is 2. The van der Waals surface area contributed by atoms with Gasteiger partial charge in [0.05, 0.1) is 5.69 Å². The maximum Gasteiger partial charge on any atom is 0.270 e. The third kappa shape index (κ3) is 4.66. The minimum Gasteiger partial charge on any atom is -0.337 e. The summed E-state index contributed by atoms with van der Waals surface area (Å²) >= 11 is 0. The minimum absolute atomic E-state index is 0.0107. The van der Waals surface area contributed by atoms with E-state index in [1.165, 1.54) is 6.92 Å². The molecule has 0 bridgehead atoms. The molecule has 4 rings (SSSR count). The molecule has 0 saturated carbocycles. The average Bonchev–Trinajstić information content (AvgIpc) is 3.26. The van der Waals surface area contributed by atoms with Crippen molar-refractivity contribution in [3.63, 3.8) is 0 Å². The molecule has 2 aliphatic rings. The number of hydrogen-bond acceptors (Lipinski definition) is 5. The fraction of sp³-hybridized carbons (Fsp3) is 0.333. The van der Waals surface area contributed by atoms with Gasteiger partial charge < -0.3 is 10.2 Å². The topological polar surface area (TPSA) is 82.1 Å². The number of piperidine rings is 1. The summed E-state index contributed by atoms with van der Waals surface area (Å²) in [4.78, 5) is 39.5. The Bertz CT molecular complexity index is 982. The van der Waals surface area contributed by atoms with Gasteiger partial charge in [-0.05, 0) is 44.0 Å². The zero-order chi connectivity index (χ0) is 21.8. The highest BCUT2D eigenvalue weighted by molar-refractivity contribution is 6.40. The van der Waals surface area contributed by atoms with Gasteiger partial charge in [-0.1, -0.05) is 36.4 Å². The van der Waals surface area contributed by atoms with E-state index in [9.17, 15) is 14.4 Å². The Labute approximate surface area is 181 Å². The molecule has 0 aliphatic carbocycles. The molecule has 1 N–H and O–H groups in total. The number of rotatable bonds is 5. The van der Waals surface area contributed by atoms with Gasteiger partial charge >= 0.3 is 0 Å². The first kappa shape index (κ1) is 20.8. The van der Waals surface area contributed by atoms with E-state index in [0.717, 1.165) is 11.4 Å². The summed E-state index contributed by atoms with van der Waals surface area (Å²) in [5.74, 6) is -0.303. The summed E-state index contributed by atoms with van der Waals surface area (Å²) in [6, 6.07) is 18.3. The second-order valence-electron chi connectivity index (χ2n) is 7.98. The Morgan fingerprint density at radius 1 is 0.935 bits per heavy atom. The number of carbonyl (C=O) groups excluding carboxylic acids is 3. The van der Waals surface area contributed by atoms with Gasteiger partial charge in [0.15, 0.2) is 5.78 Å². The molecule has 2 aromatic carbocycles.